The van der Waals surface area contributed by atoms with Crippen LogP contribution in [0.2, 0.25) is 0 Å². The Hall–Kier alpha value is -3.58. The molecule has 0 saturated carbocycles. The van der Waals surface area contributed by atoms with Crippen LogP contribution in [-0.4, -0.2) is 335 Å². The molecule has 40 nitrogen and oxygen atoms in total. The van der Waals surface area contributed by atoms with Crippen LogP contribution in [0.5, 0.6) is 0 Å². The second kappa shape index (κ2) is 72.2. The molecule has 3 aromatic rings. The van der Waals surface area contributed by atoms with Crippen molar-refractivity contribution in [3.05, 3.63) is 115 Å². The molecule has 5 N–H and O–H groups in total. The van der Waals surface area contributed by atoms with Gasteiger partial charge in [0.15, 0.2) is 78.9 Å². The summed E-state index contributed by atoms with van der Waals surface area (Å²) in [4.78, 5) is 140. The van der Waals surface area contributed by atoms with E-state index in [-0.39, 0.29) is 151 Å². The van der Waals surface area contributed by atoms with E-state index in [1.165, 1.54) is 62.6 Å². The van der Waals surface area contributed by atoms with E-state index in [4.69, 9.17) is 109 Å². The van der Waals surface area contributed by atoms with Crippen LogP contribution in [0.1, 0.15) is 170 Å². The molecule has 31 atom stereocenters. The molecule has 0 bridgehead atoms. The van der Waals surface area contributed by atoms with Gasteiger partial charge in [0.1, 0.15) is 82.9 Å². The van der Waals surface area contributed by atoms with Gasteiger partial charge in [0, 0.05) is 108 Å². The van der Waals surface area contributed by atoms with Crippen molar-refractivity contribution >= 4 is 200 Å². The zero-order chi connectivity index (χ0) is 107. The topological polar surface area (TPSA) is 494 Å². The number of hydrogen-bond donors (Lipinski definition) is 5. The summed E-state index contributed by atoms with van der Waals surface area (Å²) in [6, 6.07) is 25.4. The monoisotopic (exact) mass is 2770 g/mol. The second-order valence-corrected chi connectivity index (χ2v) is 76.5. The third-order valence-corrected chi connectivity index (χ3v) is 23.3. The molecular weight excluding hydrogens is 2620 g/mol. The van der Waals surface area contributed by atoms with Gasteiger partial charge < -0.3 is 138 Å². The van der Waals surface area contributed by atoms with Crippen LogP contribution < -0.4 is 16.0 Å². The Bertz CT molecular complexity index is 4270. The predicted octanol–water partition coefficient (Wildman–Crippen LogP) is 11.8. The van der Waals surface area contributed by atoms with Gasteiger partial charge in [-0.25, -0.2) is 0 Å². The summed E-state index contributed by atoms with van der Waals surface area (Å²) in [5.41, 5.74) is 1.26. The first kappa shape index (κ1) is 137. The molecule has 3 aromatic carbocycles. The number of hydrogen-bond acceptors (Lipinski definition) is 40. The second-order valence-electron chi connectivity index (χ2n) is 35.1. The molecular formula is C98H149I6N3O37V-. The molecule has 145 heavy (non-hydrogen) atoms. The first-order chi connectivity index (χ1) is 67.7. The fraction of sp³-hybridized carbons (Fsp3) is 0.684. The molecule has 7 fully saturated rings. The third-order valence-electron chi connectivity index (χ3n) is 23.3. The molecule has 7 saturated heterocycles. The van der Waals surface area contributed by atoms with Gasteiger partial charge in [-0.1, -0.05) is 222 Å². The number of alkyl halides is 3. The zero-order valence-corrected chi connectivity index (χ0v) is 99.6. The van der Waals surface area contributed by atoms with Crippen molar-refractivity contribution in [3.8, 4) is 0 Å². The summed E-state index contributed by atoms with van der Waals surface area (Å²) in [6.45, 7) is 30.1. The molecule has 0 spiro atoms. The summed E-state index contributed by atoms with van der Waals surface area (Å²) >= 11 is 14.2. The van der Waals surface area contributed by atoms with Crippen molar-refractivity contribution < 1.29 is 182 Å². The van der Waals surface area contributed by atoms with E-state index >= 15 is 0 Å². The number of aliphatic hydroxyl groups is 2. The number of rotatable bonds is 42. The molecule has 7 aliphatic heterocycles. The number of esters is 4. The Morgan fingerprint density at radius 3 is 1.08 bits per heavy atom. The van der Waals surface area contributed by atoms with Crippen molar-refractivity contribution in [1.29, 1.82) is 0 Å². The molecule has 0 amide bonds. The maximum atomic E-state index is 12.9. The number of halogens is 6. The van der Waals surface area contributed by atoms with Crippen LogP contribution >= 0.6 is 128 Å². The van der Waals surface area contributed by atoms with E-state index in [2.05, 4.69) is 151 Å². The average molecular weight is 2770 g/mol. The van der Waals surface area contributed by atoms with Gasteiger partial charge in [-0.3, -0.25) is 62.3 Å². The number of nitrogens with one attached hydrogen (secondary N) is 3. The van der Waals surface area contributed by atoms with E-state index < -0.39 is 194 Å². The molecule has 0 aromatic heterocycles. The Kier molecular flexibility index (Phi) is 68.5. The first-order valence-electron chi connectivity index (χ1n) is 46.4. The quantitative estimate of drug-likeness (QED) is 0.00669. The van der Waals surface area contributed by atoms with E-state index in [1.54, 1.807) is 88.5 Å². The predicted molar refractivity (Wildman–Crippen MR) is 577 cm³/mol. The minimum absolute atomic E-state index is 0. The third kappa shape index (κ3) is 46.9. The number of aliphatic hydroxyl groups excluding tert-OH is 2. The summed E-state index contributed by atoms with van der Waals surface area (Å²) in [5.74, 6) is -6.50. The number of ether oxygens (including phenoxy) is 23. The van der Waals surface area contributed by atoms with E-state index in [0.29, 0.717) is 23.2 Å². The van der Waals surface area contributed by atoms with Crippen LogP contribution in [0.3, 0.4) is 0 Å². The van der Waals surface area contributed by atoms with Gasteiger partial charge in [0.2, 0.25) is 0 Å². The maximum absolute atomic E-state index is 12.9. The molecule has 0 radical (unpaired) electrons. The van der Waals surface area contributed by atoms with Crippen LogP contribution in [0.15, 0.2) is 91.0 Å². The van der Waals surface area contributed by atoms with Gasteiger partial charge in [0.05, 0.1) is 88.5 Å². The molecule has 47 heteroatoms. The molecule has 826 valence electrons. The summed E-state index contributed by atoms with van der Waals surface area (Å²) in [6.07, 6.45) is -16.0. The van der Waals surface area contributed by atoms with Gasteiger partial charge >= 0.3 is 88.7 Å². The number of Topliss-reactive ketones (excluding diaryl/α,β-unsaturated/α-hetero) is 5. The normalized spacial score (nSPS) is 31.1. The number of carbonyl (C=O) groups excluding carboxylic acids is 12. The van der Waals surface area contributed by atoms with Crippen LogP contribution in [0.25, 0.3) is 0 Å². The van der Waals surface area contributed by atoms with E-state index in [1.807, 2.05) is 85.7 Å². The van der Waals surface area contributed by atoms with Crippen LogP contribution in [0, 0.1) is 42.9 Å². The number of methoxy groups -OCH3 is 3. The molecule has 10 rings (SSSR count). The van der Waals surface area contributed by atoms with Crippen molar-refractivity contribution in [2.24, 2.45) is 35.5 Å². The fourth-order valence-corrected chi connectivity index (χ4v) is 16.7. The summed E-state index contributed by atoms with van der Waals surface area (Å²) in [5, 5.41) is 30.6. The Balaban J connectivity index is 0.000000650. The Morgan fingerprint density at radius 1 is 0.434 bits per heavy atom. The van der Waals surface area contributed by atoms with Crippen molar-refractivity contribution in [2.75, 3.05) is 94.1 Å². The minimum atomic E-state index is -1.26. The summed E-state index contributed by atoms with van der Waals surface area (Å²) in [7, 11) is 4.49. The molecule has 7 heterocycles. The number of ketones is 5. The molecule has 7 aliphatic rings. The summed E-state index contributed by atoms with van der Waals surface area (Å²) < 4.78 is 134. The Labute approximate surface area is 930 Å². The first-order valence-corrected chi connectivity index (χ1v) is 64.4. The van der Waals surface area contributed by atoms with Gasteiger partial charge in [0.25, 0.3) is 25.4 Å². The van der Waals surface area contributed by atoms with E-state index in [0.717, 1.165) is 6.42 Å². The van der Waals surface area contributed by atoms with Crippen LogP contribution in [-0.2, 0) is 157 Å². The van der Waals surface area contributed by atoms with Crippen molar-refractivity contribution in [3.63, 3.8) is 0 Å². The number of benzene rings is 3. The van der Waals surface area contributed by atoms with E-state index in [9.17, 15) is 67.7 Å². The van der Waals surface area contributed by atoms with Gasteiger partial charge in [-0.15, -0.1) is 0 Å². The van der Waals surface area contributed by atoms with Gasteiger partial charge in [-0.05, 0) is 45.5 Å². The number of fused-ring (bicyclic) bond motifs is 1. The zero-order valence-electron chi connectivity index (χ0n) is 85.3. The Morgan fingerprint density at radius 2 is 0.745 bits per heavy atom. The molecule has 13 unspecified atom stereocenters. The average Bonchev–Trinajstić information content (AvgIpc) is 1.69. The van der Waals surface area contributed by atoms with Crippen molar-refractivity contribution in [2.45, 2.75) is 297 Å². The van der Waals surface area contributed by atoms with Crippen molar-refractivity contribution in [1.82, 2.24) is 16.0 Å². The van der Waals surface area contributed by atoms with Crippen LogP contribution in [0.4, 0.5) is 0 Å². The number of carbonyl (C=O) groups is 12. The SMILES string of the molecule is C.CC(=O)CO[C@H]1C(C)[C@@H]2OC(C)(OC(C)(C)C)OC2O[C@H]1COC=O.CCC1O[C@@H](OC)C(NCC(=O)c2ccccc2)[C@@H](C)[C@@H]1O.CCI.CO[C@@H]1OC(COC(C)=O)[C@@H](OC2O[C@@H](COC=O)[C@@H](O)C(C)[C@@H]2OC(C)=O)[C@H](C)C1NCC(=O)c1ccccc1.CO[C@@H]1OC(COC(C)=O)[C@@H](OC2O[C@@H](COC=O)[C@@H](OCC(C)=O)C(C)[C@@H]2OC(C)=O)[C@H](C)C1NCC(=O)c1ccccc1.ICI.[CH3-].[I][V]([I])[I]. The van der Waals surface area contributed by atoms with Gasteiger partial charge in [-0.2, -0.15) is 0 Å². The standard InChI is InChI=1S/C31H43NO13.C28H39NO12.C17H25NO4.C17H28O8.C2H5I.CH2I2.CH4.CH3.3HI.V/c1-17(34)13-41-27-19(3)29(42-21(5)36)31(44-24(27)14-39-16-33)45-28-18(2)26(30(38-6)43-25(28)15-40-20(4)35)32-12-23(37)22-10-8-7-9-11-22;1-15-23(29-11-20(33)19-9-7-6-8-10-19)27(35-5)40-22(13-37-17(3)31)25(15)41-28-26(38-18(4)32)16(2)24(34)21(39-28)12-36-14-30;1-4-14-16(20)11(2)15(17(21-3)22-14)18-10-13(19)12-8-6-5-7-9-12;1-10(19)7-21-13-11(2)14-15(22-12(13)8-20-9-18)24-17(6,23-14)25-16(3,4)5;1-2-3;2-1-3;;;;;;/h7-11,16,18-19,24-32H,12-15H2,1-6H3;6-10,14-16,21-29,34H,11-13H2,1-5H3;5-9,11,14-18,20H,4,10H2,1-3H3;9,11-15H,7-8H2,1-6H3;2H2,1H3;1H2;1H4;1H3;3*1H;/q;;;;;;;-1;;;;+3/p-3/t18-,19?,24+,25?,26?,27+,28+,29+,30-,31?;15-,16?,21+,22?,23?,24+,25+,26+,27-,28?;11-,14?,15?,16+,17-;11?,12-,13-,14-,15?,17?;;;;;;;;/m1110......../s1. The fourth-order valence-electron chi connectivity index (χ4n) is 16.7. The molecule has 0 aliphatic carbocycles.